The van der Waals surface area contributed by atoms with Gasteiger partial charge in [-0.25, -0.2) is 9.37 Å². The molecule has 0 radical (unpaired) electrons. The van der Waals surface area contributed by atoms with Crippen molar-refractivity contribution in [1.29, 1.82) is 0 Å². The number of fused-ring (bicyclic) bond motifs is 1. The Morgan fingerprint density at radius 3 is 2.69 bits per heavy atom. The number of halogens is 1. The summed E-state index contributed by atoms with van der Waals surface area (Å²) in [6.45, 7) is 3.87. The molecule has 0 spiro atoms. The number of aromatic nitrogens is 4. The quantitative estimate of drug-likeness (QED) is 0.403. The van der Waals surface area contributed by atoms with E-state index < -0.39 is 0 Å². The molecule has 7 heteroatoms. The first-order valence-corrected chi connectivity index (χ1v) is 10.2. The SMILES string of the molecule is Cc1cccc(-n2cnc3cc(C(=O)Nc4n[nH]c(C)c4-c4cccc(F)c4)ccc32)c1. The summed E-state index contributed by atoms with van der Waals surface area (Å²) in [4.78, 5) is 17.4. The third-order valence-corrected chi connectivity index (χ3v) is 5.38. The molecule has 1 amide bonds. The van der Waals surface area contributed by atoms with Crippen LogP contribution >= 0.6 is 0 Å². The van der Waals surface area contributed by atoms with Crippen LogP contribution in [0.4, 0.5) is 10.2 Å². The highest BCUT2D eigenvalue weighted by Crippen LogP contribution is 2.30. The van der Waals surface area contributed by atoms with Crippen LogP contribution < -0.4 is 5.32 Å². The van der Waals surface area contributed by atoms with Gasteiger partial charge in [-0.3, -0.25) is 14.5 Å². The molecule has 0 aliphatic carbocycles. The predicted molar refractivity (Wildman–Crippen MR) is 122 cm³/mol. The molecule has 0 fully saturated rings. The summed E-state index contributed by atoms with van der Waals surface area (Å²) in [5.74, 6) is -0.320. The minimum Gasteiger partial charge on any atom is -0.305 e. The van der Waals surface area contributed by atoms with E-state index in [1.54, 1.807) is 30.6 Å². The second-order valence-corrected chi connectivity index (χ2v) is 7.69. The number of imidazole rings is 1. The molecule has 5 aromatic rings. The van der Waals surface area contributed by atoms with Crippen molar-refractivity contribution in [1.82, 2.24) is 19.7 Å². The van der Waals surface area contributed by atoms with Crippen molar-refractivity contribution in [2.24, 2.45) is 0 Å². The van der Waals surface area contributed by atoms with Gasteiger partial charge in [-0.2, -0.15) is 5.10 Å². The smallest absolute Gasteiger partial charge is 0.256 e. The Morgan fingerprint density at radius 2 is 1.88 bits per heavy atom. The average Bonchev–Trinajstić information content (AvgIpc) is 3.36. The summed E-state index contributed by atoms with van der Waals surface area (Å²) in [5, 5.41) is 9.91. The number of carbonyl (C=O) groups excluding carboxylic acids is 1. The van der Waals surface area contributed by atoms with Gasteiger partial charge in [0.2, 0.25) is 0 Å². The van der Waals surface area contributed by atoms with Gasteiger partial charge in [0.1, 0.15) is 12.1 Å². The number of nitrogens with one attached hydrogen (secondary N) is 2. The van der Waals surface area contributed by atoms with Crippen molar-refractivity contribution >= 4 is 22.8 Å². The summed E-state index contributed by atoms with van der Waals surface area (Å²) in [6.07, 6.45) is 1.75. The van der Waals surface area contributed by atoms with Gasteiger partial charge in [0, 0.05) is 22.5 Å². The minimum absolute atomic E-state index is 0.318. The Hall–Kier alpha value is -4.26. The van der Waals surface area contributed by atoms with Crippen LogP contribution in [0.2, 0.25) is 0 Å². The molecule has 158 valence electrons. The van der Waals surface area contributed by atoms with Gasteiger partial charge in [0.05, 0.1) is 11.0 Å². The second kappa shape index (κ2) is 7.77. The molecule has 0 aliphatic heterocycles. The molecule has 0 unspecified atom stereocenters. The van der Waals surface area contributed by atoms with Crippen LogP contribution in [0.1, 0.15) is 21.6 Å². The van der Waals surface area contributed by atoms with Gasteiger partial charge < -0.3 is 5.32 Å². The molecule has 2 aromatic heterocycles. The van der Waals surface area contributed by atoms with Crippen LogP contribution in [0.3, 0.4) is 0 Å². The molecule has 0 atom stereocenters. The fraction of sp³-hybridized carbons (Fsp3) is 0.0800. The first-order chi connectivity index (χ1) is 15.5. The van der Waals surface area contributed by atoms with Crippen LogP contribution in [0.25, 0.3) is 27.8 Å². The topological polar surface area (TPSA) is 75.6 Å². The summed E-state index contributed by atoms with van der Waals surface area (Å²) in [6, 6.07) is 19.7. The number of aromatic amines is 1. The van der Waals surface area contributed by atoms with Gasteiger partial charge in [-0.1, -0.05) is 24.3 Å². The molecule has 0 saturated carbocycles. The number of rotatable bonds is 4. The Balaban J connectivity index is 1.45. The lowest BCUT2D eigenvalue weighted by molar-refractivity contribution is 0.102. The van der Waals surface area contributed by atoms with Gasteiger partial charge >= 0.3 is 0 Å². The lowest BCUT2D eigenvalue weighted by atomic mass is 10.1. The molecule has 5 rings (SSSR count). The molecule has 0 saturated heterocycles. The highest BCUT2D eigenvalue weighted by Gasteiger charge is 2.17. The van der Waals surface area contributed by atoms with Crippen molar-refractivity contribution in [2.45, 2.75) is 13.8 Å². The molecule has 0 aliphatic rings. The molecule has 32 heavy (non-hydrogen) atoms. The number of amides is 1. The molecule has 2 heterocycles. The fourth-order valence-corrected chi connectivity index (χ4v) is 3.83. The maximum Gasteiger partial charge on any atom is 0.256 e. The number of H-pyrrole nitrogens is 1. The summed E-state index contributed by atoms with van der Waals surface area (Å²) in [5.41, 5.74) is 6.27. The van der Waals surface area contributed by atoms with Crippen LogP contribution in [-0.4, -0.2) is 25.7 Å². The Morgan fingerprint density at radius 1 is 1.03 bits per heavy atom. The first kappa shape index (κ1) is 19.7. The van der Waals surface area contributed by atoms with E-state index in [9.17, 15) is 9.18 Å². The van der Waals surface area contributed by atoms with E-state index in [0.29, 0.717) is 28.0 Å². The van der Waals surface area contributed by atoms with E-state index in [-0.39, 0.29) is 11.7 Å². The maximum atomic E-state index is 13.7. The van der Waals surface area contributed by atoms with Crippen LogP contribution in [0.5, 0.6) is 0 Å². The Labute approximate surface area is 183 Å². The molecule has 0 bridgehead atoms. The minimum atomic E-state index is -0.352. The van der Waals surface area contributed by atoms with E-state index in [1.807, 2.05) is 42.7 Å². The van der Waals surface area contributed by atoms with Gasteiger partial charge in [0.25, 0.3) is 5.91 Å². The van der Waals surface area contributed by atoms with Crippen molar-refractivity contribution in [3.63, 3.8) is 0 Å². The number of hydrogen-bond donors (Lipinski definition) is 2. The zero-order valence-corrected chi connectivity index (χ0v) is 17.6. The molecule has 2 N–H and O–H groups in total. The second-order valence-electron chi connectivity index (χ2n) is 7.69. The van der Waals surface area contributed by atoms with E-state index >= 15 is 0 Å². The third-order valence-electron chi connectivity index (χ3n) is 5.38. The van der Waals surface area contributed by atoms with Crippen molar-refractivity contribution in [2.75, 3.05) is 5.32 Å². The van der Waals surface area contributed by atoms with Gasteiger partial charge in [-0.05, 0) is 67.4 Å². The number of anilines is 1. The van der Waals surface area contributed by atoms with Crippen molar-refractivity contribution < 1.29 is 9.18 Å². The maximum absolute atomic E-state index is 13.7. The highest BCUT2D eigenvalue weighted by atomic mass is 19.1. The third kappa shape index (κ3) is 3.54. The number of hydrogen-bond acceptors (Lipinski definition) is 3. The van der Waals surface area contributed by atoms with Crippen LogP contribution in [0, 0.1) is 19.7 Å². The first-order valence-electron chi connectivity index (χ1n) is 10.2. The van der Waals surface area contributed by atoms with Crippen molar-refractivity contribution in [3.05, 3.63) is 95.7 Å². The Kier molecular flexibility index (Phi) is 4.78. The van der Waals surface area contributed by atoms with E-state index in [0.717, 1.165) is 22.5 Å². The molecular formula is C25H20FN5O. The summed E-state index contributed by atoms with van der Waals surface area (Å²) >= 11 is 0. The van der Waals surface area contributed by atoms with Gasteiger partial charge in [-0.15, -0.1) is 0 Å². The summed E-state index contributed by atoms with van der Waals surface area (Å²) in [7, 11) is 0. The normalized spacial score (nSPS) is 11.1. The van der Waals surface area contributed by atoms with E-state index in [2.05, 4.69) is 26.6 Å². The number of benzene rings is 3. The summed E-state index contributed by atoms with van der Waals surface area (Å²) < 4.78 is 15.7. The van der Waals surface area contributed by atoms with E-state index in [4.69, 9.17) is 0 Å². The predicted octanol–water partition coefficient (Wildman–Crippen LogP) is 5.42. The lowest BCUT2D eigenvalue weighted by Gasteiger charge is -2.08. The largest absolute Gasteiger partial charge is 0.305 e. The molecular weight excluding hydrogens is 405 g/mol. The highest BCUT2D eigenvalue weighted by molar-refractivity contribution is 6.07. The zero-order chi connectivity index (χ0) is 22.2. The number of aryl methyl sites for hydroxylation is 2. The number of carbonyl (C=O) groups is 1. The number of nitrogens with zero attached hydrogens (tertiary/aromatic N) is 3. The van der Waals surface area contributed by atoms with Crippen molar-refractivity contribution in [3.8, 4) is 16.8 Å². The standard InChI is InChI=1S/C25H20FN5O/c1-15-5-3-8-20(11-15)31-14-27-21-13-18(9-10-22(21)31)25(32)28-24-23(16(2)29-30-24)17-6-4-7-19(26)12-17/h3-14H,1-2H3,(H2,28,29,30,32). The average molecular weight is 425 g/mol. The molecule has 6 nitrogen and oxygen atoms in total. The lowest BCUT2D eigenvalue weighted by Crippen LogP contribution is -2.13. The van der Waals surface area contributed by atoms with Crippen LogP contribution in [-0.2, 0) is 0 Å². The monoisotopic (exact) mass is 425 g/mol. The Bertz CT molecular complexity index is 1470. The zero-order valence-electron chi connectivity index (χ0n) is 17.6. The van der Waals surface area contributed by atoms with E-state index in [1.165, 1.54) is 12.1 Å². The van der Waals surface area contributed by atoms with Crippen LogP contribution in [0.15, 0.2) is 73.1 Å². The fourth-order valence-electron chi connectivity index (χ4n) is 3.83. The molecule has 3 aromatic carbocycles. The van der Waals surface area contributed by atoms with Gasteiger partial charge in [0.15, 0.2) is 5.82 Å².